The van der Waals surface area contributed by atoms with E-state index in [1.807, 2.05) is 0 Å². The molecular weight excluding hydrogens is 240 g/mol. The van der Waals surface area contributed by atoms with Gasteiger partial charge in [0.2, 0.25) is 0 Å². The number of aromatic carboxylic acids is 1. The minimum absolute atomic E-state index is 0.00201. The topological polar surface area (TPSA) is 147 Å². The summed E-state index contributed by atoms with van der Waals surface area (Å²) in [6.45, 7) is 0. The number of phenolic OH excluding ortho intramolecular Hbond substituents is 1. The van der Waals surface area contributed by atoms with Crippen molar-refractivity contribution >= 4 is 17.6 Å². The molecule has 98 valence electrons. The molecule has 0 unspecified atom stereocenters. The van der Waals surface area contributed by atoms with Crippen molar-refractivity contribution in [3.8, 4) is 5.75 Å². The maximum absolute atomic E-state index is 10.8. The summed E-state index contributed by atoms with van der Waals surface area (Å²) < 4.78 is 0. The van der Waals surface area contributed by atoms with Crippen LogP contribution in [0.15, 0.2) is 12.1 Å². The van der Waals surface area contributed by atoms with Crippen LogP contribution in [0.2, 0.25) is 0 Å². The molecule has 1 rings (SSSR count). The number of nitrogen functional groups attached to an aromatic ring is 1. The lowest BCUT2D eigenvalue weighted by atomic mass is 10.0. The Balaban J connectivity index is 2.94. The minimum atomic E-state index is -1.25. The molecule has 0 aliphatic carbocycles. The van der Waals surface area contributed by atoms with Gasteiger partial charge in [-0.25, -0.2) is 4.79 Å². The molecule has 0 bridgehead atoms. The molecule has 0 saturated carbocycles. The van der Waals surface area contributed by atoms with Crippen LogP contribution in [0.5, 0.6) is 5.75 Å². The van der Waals surface area contributed by atoms with Crippen LogP contribution < -0.4 is 11.5 Å². The number of nitrogens with two attached hydrogens (primary N) is 2. The Morgan fingerprint density at radius 1 is 1.28 bits per heavy atom. The summed E-state index contributed by atoms with van der Waals surface area (Å²) >= 11 is 0. The van der Waals surface area contributed by atoms with E-state index in [-0.39, 0.29) is 29.8 Å². The van der Waals surface area contributed by atoms with Crippen molar-refractivity contribution in [2.75, 3.05) is 5.73 Å². The second kappa shape index (κ2) is 5.37. The molecule has 7 nitrogen and oxygen atoms in total. The first-order valence-corrected chi connectivity index (χ1v) is 5.13. The Hall–Kier alpha value is -2.28. The van der Waals surface area contributed by atoms with Gasteiger partial charge < -0.3 is 26.8 Å². The van der Waals surface area contributed by atoms with Gasteiger partial charge in [-0.1, -0.05) is 0 Å². The molecule has 0 fully saturated rings. The molecule has 7 heteroatoms. The molecule has 0 spiro atoms. The predicted molar refractivity (Wildman–Crippen MR) is 63.4 cm³/mol. The fraction of sp³-hybridized carbons (Fsp3) is 0.273. The third kappa shape index (κ3) is 3.36. The van der Waals surface area contributed by atoms with Crippen LogP contribution in [0.4, 0.5) is 5.69 Å². The molecular formula is C11H14N2O5. The number of rotatable bonds is 5. The number of hydrogen-bond acceptors (Lipinski definition) is 5. The summed E-state index contributed by atoms with van der Waals surface area (Å²) in [7, 11) is 0. The Morgan fingerprint density at radius 3 is 2.39 bits per heavy atom. The second-order valence-corrected chi connectivity index (χ2v) is 3.94. The van der Waals surface area contributed by atoms with Crippen molar-refractivity contribution in [1.29, 1.82) is 0 Å². The van der Waals surface area contributed by atoms with Crippen molar-refractivity contribution < 1.29 is 24.9 Å². The van der Waals surface area contributed by atoms with E-state index >= 15 is 0 Å². The van der Waals surface area contributed by atoms with Gasteiger partial charge in [-0.15, -0.1) is 0 Å². The van der Waals surface area contributed by atoms with E-state index in [9.17, 15) is 14.7 Å². The van der Waals surface area contributed by atoms with Crippen molar-refractivity contribution in [3.05, 3.63) is 23.3 Å². The van der Waals surface area contributed by atoms with Crippen molar-refractivity contribution in [2.45, 2.75) is 18.9 Å². The second-order valence-electron chi connectivity index (χ2n) is 3.94. The van der Waals surface area contributed by atoms with Crippen molar-refractivity contribution in [3.63, 3.8) is 0 Å². The first-order valence-electron chi connectivity index (χ1n) is 5.13. The SMILES string of the molecule is Nc1cc(C[C@@H](N)CC(=O)O)c(O)cc1C(=O)O. The third-order valence-corrected chi connectivity index (χ3v) is 2.40. The summed E-state index contributed by atoms with van der Waals surface area (Å²) in [6, 6.07) is 1.64. The van der Waals surface area contributed by atoms with Gasteiger partial charge in [-0.3, -0.25) is 4.79 Å². The number of carbonyl (C=O) groups is 2. The number of carboxylic acids is 2. The molecule has 18 heavy (non-hydrogen) atoms. The smallest absolute Gasteiger partial charge is 0.337 e. The Bertz CT molecular complexity index is 487. The zero-order valence-corrected chi connectivity index (χ0v) is 9.46. The Morgan fingerprint density at radius 2 is 1.89 bits per heavy atom. The standard InChI is InChI=1S/C11H14N2O5/c12-6(3-10(15)16)1-5-2-8(13)7(11(17)18)4-9(5)14/h2,4,6,14H,1,3,12-13H2,(H,15,16)(H,17,18)/t6-/m1/s1. The zero-order valence-electron chi connectivity index (χ0n) is 9.46. The lowest BCUT2D eigenvalue weighted by molar-refractivity contribution is -0.137. The number of hydrogen-bond donors (Lipinski definition) is 5. The first kappa shape index (κ1) is 13.8. The quantitative estimate of drug-likeness (QED) is 0.367. The molecule has 0 aliphatic rings. The summed E-state index contributed by atoms with van der Waals surface area (Å²) in [5.74, 6) is -2.55. The number of aromatic hydroxyl groups is 1. The largest absolute Gasteiger partial charge is 0.508 e. The maximum atomic E-state index is 10.8. The number of carboxylic acid groups (broad SMARTS) is 2. The van der Waals surface area contributed by atoms with Gasteiger partial charge in [0.15, 0.2) is 0 Å². The van der Waals surface area contributed by atoms with Gasteiger partial charge in [0, 0.05) is 11.7 Å². The number of aliphatic carboxylic acids is 1. The number of benzene rings is 1. The Kier molecular flexibility index (Phi) is 4.11. The van der Waals surface area contributed by atoms with Crippen LogP contribution in [-0.4, -0.2) is 33.3 Å². The van der Waals surface area contributed by atoms with E-state index < -0.39 is 18.0 Å². The van der Waals surface area contributed by atoms with Gasteiger partial charge in [0.25, 0.3) is 0 Å². The molecule has 0 saturated heterocycles. The molecule has 0 aromatic heterocycles. The van der Waals surface area contributed by atoms with Crippen LogP contribution in [0.1, 0.15) is 22.3 Å². The molecule has 0 aliphatic heterocycles. The third-order valence-electron chi connectivity index (χ3n) is 2.40. The fourth-order valence-electron chi connectivity index (χ4n) is 1.58. The zero-order chi connectivity index (χ0) is 13.9. The summed E-state index contributed by atoms with van der Waals surface area (Å²) in [5.41, 5.74) is 11.2. The highest BCUT2D eigenvalue weighted by atomic mass is 16.4. The van der Waals surface area contributed by atoms with Crippen LogP contribution in [0.3, 0.4) is 0 Å². The van der Waals surface area contributed by atoms with E-state index in [4.69, 9.17) is 21.7 Å². The monoisotopic (exact) mass is 254 g/mol. The first-order chi connectivity index (χ1) is 8.31. The summed E-state index contributed by atoms with van der Waals surface area (Å²) in [6.07, 6.45) is -0.151. The van der Waals surface area contributed by atoms with E-state index in [2.05, 4.69) is 0 Å². The molecule has 1 atom stereocenters. The van der Waals surface area contributed by atoms with Gasteiger partial charge in [-0.05, 0) is 24.1 Å². The highest BCUT2D eigenvalue weighted by molar-refractivity contribution is 5.94. The minimum Gasteiger partial charge on any atom is -0.508 e. The van der Waals surface area contributed by atoms with E-state index in [0.29, 0.717) is 5.56 Å². The normalized spacial score (nSPS) is 12.1. The molecule has 1 aromatic rings. The van der Waals surface area contributed by atoms with Crippen molar-refractivity contribution in [2.24, 2.45) is 5.73 Å². The maximum Gasteiger partial charge on any atom is 0.337 e. The molecule has 0 amide bonds. The lowest BCUT2D eigenvalue weighted by Crippen LogP contribution is -2.26. The Labute approximate surface area is 103 Å². The average Bonchev–Trinajstić information content (AvgIpc) is 2.21. The van der Waals surface area contributed by atoms with Crippen LogP contribution in [-0.2, 0) is 11.2 Å². The molecule has 0 radical (unpaired) electrons. The van der Waals surface area contributed by atoms with Crippen LogP contribution in [0.25, 0.3) is 0 Å². The lowest BCUT2D eigenvalue weighted by Gasteiger charge is -2.12. The molecule has 0 heterocycles. The highest BCUT2D eigenvalue weighted by Gasteiger charge is 2.16. The average molecular weight is 254 g/mol. The highest BCUT2D eigenvalue weighted by Crippen LogP contribution is 2.25. The van der Waals surface area contributed by atoms with Gasteiger partial charge in [-0.2, -0.15) is 0 Å². The summed E-state index contributed by atoms with van der Waals surface area (Å²) in [4.78, 5) is 21.2. The predicted octanol–water partition coefficient (Wildman–Crippen LogP) is 0.0171. The van der Waals surface area contributed by atoms with Gasteiger partial charge >= 0.3 is 11.9 Å². The van der Waals surface area contributed by atoms with Gasteiger partial charge in [0.1, 0.15) is 5.75 Å². The summed E-state index contributed by atoms with van der Waals surface area (Å²) in [5, 5.41) is 27.0. The molecule has 7 N–H and O–H groups in total. The number of anilines is 1. The van der Waals surface area contributed by atoms with E-state index in [1.165, 1.54) is 6.07 Å². The van der Waals surface area contributed by atoms with Gasteiger partial charge in [0.05, 0.1) is 12.0 Å². The van der Waals surface area contributed by atoms with E-state index in [1.54, 1.807) is 0 Å². The molecule has 1 aromatic carbocycles. The number of phenols is 1. The fourth-order valence-corrected chi connectivity index (χ4v) is 1.58. The van der Waals surface area contributed by atoms with Crippen LogP contribution >= 0.6 is 0 Å². The van der Waals surface area contributed by atoms with Crippen LogP contribution in [0, 0.1) is 0 Å². The van der Waals surface area contributed by atoms with E-state index in [0.717, 1.165) is 6.07 Å². The van der Waals surface area contributed by atoms with Crippen molar-refractivity contribution in [1.82, 2.24) is 0 Å².